The minimum absolute atomic E-state index is 0.232. The molecule has 0 unspecified atom stereocenters. The van der Waals surface area contributed by atoms with Crippen LogP contribution in [0.5, 0.6) is 0 Å². The lowest BCUT2D eigenvalue weighted by molar-refractivity contribution is -0.124. The van der Waals surface area contributed by atoms with Crippen molar-refractivity contribution in [1.29, 1.82) is 0 Å². The van der Waals surface area contributed by atoms with Crippen molar-refractivity contribution in [2.24, 2.45) is 0 Å². The van der Waals surface area contributed by atoms with Crippen LogP contribution in [0.1, 0.15) is 26.3 Å². The van der Waals surface area contributed by atoms with E-state index >= 15 is 0 Å². The van der Waals surface area contributed by atoms with E-state index in [4.69, 9.17) is 16.3 Å². The normalized spacial score (nSPS) is 10.0. The van der Waals surface area contributed by atoms with Crippen molar-refractivity contribution < 1.29 is 23.9 Å². The summed E-state index contributed by atoms with van der Waals surface area (Å²) in [7, 11) is 1.27. The maximum absolute atomic E-state index is 11.9. The lowest BCUT2D eigenvalue weighted by Crippen LogP contribution is -2.28. The molecule has 0 aliphatic heterocycles. The summed E-state index contributed by atoms with van der Waals surface area (Å²) < 4.78 is 9.51. The number of halogens is 1. The molecule has 1 amide bonds. The van der Waals surface area contributed by atoms with Crippen molar-refractivity contribution in [3.05, 3.63) is 70.2 Å². The van der Waals surface area contributed by atoms with Gasteiger partial charge in [0.15, 0.2) is 6.61 Å². The summed E-state index contributed by atoms with van der Waals surface area (Å²) in [6.07, 6.45) is 0. The van der Waals surface area contributed by atoms with Crippen LogP contribution in [0, 0.1) is 0 Å². The van der Waals surface area contributed by atoms with Crippen molar-refractivity contribution >= 4 is 29.4 Å². The molecule has 1 N–H and O–H groups in total. The fourth-order valence-electron chi connectivity index (χ4n) is 1.97. The zero-order chi connectivity index (χ0) is 18.2. The molecule has 0 radical (unpaired) electrons. The highest BCUT2D eigenvalue weighted by Gasteiger charge is 2.12. The molecule has 7 heteroatoms. The fraction of sp³-hybridized carbons (Fsp3) is 0.167. The standard InChI is InChI=1S/C18H16ClNO5/c1-24-17(22)13-5-7-14(8-6-13)18(23)25-11-16(21)20-10-12-3-2-4-15(19)9-12/h2-9H,10-11H2,1H3,(H,20,21). The van der Waals surface area contributed by atoms with Gasteiger partial charge in [0.05, 0.1) is 18.2 Å². The van der Waals surface area contributed by atoms with Crippen molar-refractivity contribution in [2.45, 2.75) is 6.54 Å². The molecular weight excluding hydrogens is 346 g/mol. The van der Waals surface area contributed by atoms with Crippen LogP contribution in [-0.2, 0) is 20.8 Å². The molecule has 2 rings (SSSR count). The topological polar surface area (TPSA) is 81.7 Å². The Bertz CT molecular complexity index is 773. The number of ether oxygens (including phenoxy) is 2. The number of carbonyl (C=O) groups is 3. The minimum Gasteiger partial charge on any atom is -0.465 e. The van der Waals surface area contributed by atoms with Crippen LogP contribution in [0.15, 0.2) is 48.5 Å². The van der Waals surface area contributed by atoms with Gasteiger partial charge in [-0.05, 0) is 42.0 Å². The second-order valence-corrected chi connectivity index (χ2v) is 5.49. The highest BCUT2D eigenvalue weighted by atomic mass is 35.5. The second kappa shape index (κ2) is 8.84. The number of hydrogen-bond donors (Lipinski definition) is 1. The zero-order valence-corrected chi connectivity index (χ0v) is 14.2. The number of hydrogen-bond acceptors (Lipinski definition) is 5. The molecule has 0 aromatic heterocycles. The second-order valence-electron chi connectivity index (χ2n) is 5.05. The SMILES string of the molecule is COC(=O)c1ccc(C(=O)OCC(=O)NCc2cccc(Cl)c2)cc1. The van der Waals surface area contributed by atoms with Crippen LogP contribution in [0.4, 0.5) is 0 Å². The molecule has 0 atom stereocenters. The van der Waals surface area contributed by atoms with Crippen molar-refractivity contribution in [1.82, 2.24) is 5.32 Å². The van der Waals surface area contributed by atoms with Gasteiger partial charge in [-0.3, -0.25) is 4.79 Å². The van der Waals surface area contributed by atoms with Crippen molar-refractivity contribution in [3.63, 3.8) is 0 Å². The molecule has 0 bridgehead atoms. The van der Waals surface area contributed by atoms with E-state index in [0.29, 0.717) is 10.6 Å². The van der Waals surface area contributed by atoms with E-state index < -0.39 is 24.5 Å². The van der Waals surface area contributed by atoms with Crippen LogP contribution >= 0.6 is 11.6 Å². The molecular formula is C18H16ClNO5. The van der Waals surface area contributed by atoms with Crippen LogP contribution in [0.2, 0.25) is 5.02 Å². The van der Waals surface area contributed by atoms with Crippen molar-refractivity contribution in [2.75, 3.05) is 13.7 Å². The molecule has 0 saturated carbocycles. The Kier molecular flexibility index (Phi) is 6.54. The largest absolute Gasteiger partial charge is 0.465 e. The molecule has 0 fully saturated rings. The molecule has 0 spiro atoms. The fourth-order valence-corrected chi connectivity index (χ4v) is 2.19. The van der Waals surface area contributed by atoms with Gasteiger partial charge >= 0.3 is 11.9 Å². The number of benzene rings is 2. The number of carbonyl (C=O) groups excluding carboxylic acids is 3. The Balaban J connectivity index is 1.80. The number of amides is 1. The lowest BCUT2D eigenvalue weighted by atomic mass is 10.1. The third-order valence-electron chi connectivity index (χ3n) is 3.25. The summed E-state index contributed by atoms with van der Waals surface area (Å²) >= 11 is 5.86. The van der Waals surface area contributed by atoms with Gasteiger partial charge in [0, 0.05) is 11.6 Å². The van der Waals surface area contributed by atoms with Gasteiger partial charge in [0.25, 0.3) is 5.91 Å². The first kappa shape index (κ1) is 18.5. The number of esters is 2. The van der Waals surface area contributed by atoms with Gasteiger partial charge in [0.1, 0.15) is 0 Å². The van der Waals surface area contributed by atoms with E-state index in [1.54, 1.807) is 18.2 Å². The number of nitrogens with one attached hydrogen (secondary N) is 1. The molecule has 0 aliphatic carbocycles. The van der Waals surface area contributed by atoms with Gasteiger partial charge in [-0.1, -0.05) is 23.7 Å². The van der Waals surface area contributed by atoms with E-state index in [1.165, 1.54) is 31.4 Å². The summed E-state index contributed by atoms with van der Waals surface area (Å²) in [4.78, 5) is 34.9. The molecule has 0 heterocycles. The first-order valence-corrected chi connectivity index (χ1v) is 7.74. The van der Waals surface area contributed by atoms with Crippen LogP contribution < -0.4 is 5.32 Å². The highest BCUT2D eigenvalue weighted by Crippen LogP contribution is 2.10. The molecule has 0 aliphatic rings. The summed E-state index contributed by atoms with van der Waals surface area (Å²) in [6.45, 7) is -0.122. The summed E-state index contributed by atoms with van der Waals surface area (Å²) in [5.41, 5.74) is 1.39. The highest BCUT2D eigenvalue weighted by molar-refractivity contribution is 6.30. The Labute approximate surface area is 149 Å². The maximum Gasteiger partial charge on any atom is 0.338 e. The van der Waals surface area contributed by atoms with Gasteiger partial charge in [0.2, 0.25) is 0 Å². The van der Waals surface area contributed by atoms with Crippen molar-refractivity contribution in [3.8, 4) is 0 Å². The molecule has 0 saturated heterocycles. The summed E-state index contributed by atoms with van der Waals surface area (Å²) in [5.74, 6) is -1.59. The average molecular weight is 362 g/mol. The van der Waals surface area contributed by atoms with Crippen LogP contribution in [0.25, 0.3) is 0 Å². The Hall–Kier alpha value is -2.86. The van der Waals surface area contributed by atoms with Gasteiger partial charge in [-0.2, -0.15) is 0 Å². The number of rotatable bonds is 6. The quantitative estimate of drug-likeness (QED) is 0.800. The van der Waals surface area contributed by atoms with E-state index in [0.717, 1.165) is 5.56 Å². The van der Waals surface area contributed by atoms with Gasteiger partial charge in [-0.15, -0.1) is 0 Å². The maximum atomic E-state index is 11.9. The Morgan fingerprint density at radius 3 is 2.24 bits per heavy atom. The van der Waals surface area contributed by atoms with Crippen LogP contribution in [0.3, 0.4) is 0 Å². The molecule has 6 nitrogen and oxygen atoms in total. The third-order valence-corrected chi connectivity index (χ3v) is 3.49. The van der Waals surface area contributed by atoms with E-state index in [1.807, 2.05) is 6.07 Å². The van der Waals surface area contributed by atoms with E-state index in [-0.39, 0.29) is 12.1 Å². The first-order chi connectivity index (χ1) is 12.0. The smallest absolute Gasteiger partial charge is 0.338 e. The molecule has 2 aromatic carbocycles. The zero-order valence-electron chi connectivity index (χ0n) is 13.5. The summed E-state index contributed by atoms with van der Waals surface area (Å²) in [5, 5.41) is 3.21. The van der Waals surface area contributed by atoms with E-state index in [2.05, 4.69) is 10.1 Å². The van der Waals surface area contributed by atoms with Crippen LogP contribution in [-0.4, -0.2) is 31.6 Å². The van der Waals surface area contributed by atoms with E-state index in [9.17, 15) is 14.4 Å². The summed E-state index contributed by atoms with van der Waals surface area (Å²) in [6, 6.07) is 12.8. The van der Waals surface area contributed by atoms with Gasteiger partial charge < -0.3 is 14.8 Å². The lowest BCUT2D eigenvalue weighted by Gasteiger charge is -2.07. The minimum atomic E-state index is -0.658. The first-order valence-electron chi connectivity index (χ1n) is 7.36. The average Bonchev–Trinajstić information content (AvgIpc) is 2.64. The molecule has 25 heavy (non-hydrogen) atoms. The molecule has 130 valence electrons. The number of methoxy groups -OCH3 is 1. The molecule has 2 aromatic rings. The predicted octanol–water partition coefficient (Wildman–Crippen LogP) is 2.60. The van der Waals surface area contributed by atoms with Gasteiger partial charge in [-0.25, -0.2) is 9.59 Å². The Morgan fingerprint density at radius 2 is 1.64 bits per heavy atom. The Morgan fingerprint density at radius 1 is 1.00 bits per heavy atom. The predicted molar refractivity (Wildman–Crippen MR) is 91.4 cm³/mol. The monoisotopic (exact) mass is 361 g/mol. The third kappa shape index (κ3) is 5.61.